The number of thiazole rings is 2. The first kappa shape index (κ1) is 28.7. The molecule has 0 bridgehead atoms. The number of ether oxygens (including phenoxy) is 1. The number of β-lactam (4-membered cyclic amide) rings is 1. The SMILES string of the molecule is COC(=O)C(=C(CSc1nc2ccccc2s1)CSc1nc2ccccc2s1)N1CC(N2C(=O)c3ccccc3C2=O)C1=O. The maximum absolute atomic E-state index is 13.6. The molecule has 2 aromatic heterocycles. The molecule has 9 nitrogen and oxygen atoms in total. The van der Waals surface area contributed by atoms with Gasteiger partial charge in [0.05, 0.1) is 45.2 Å². The van der Waals surface area contributed by atoms with Crippen LogP contribution in [0.3, 0.4) is 0 Å². The summed E-state index contributed by atoms with van der Waals surface area (Å²) in [7, 11) is 1.27. The van der Waals surface area contributed by atoms with Crippen LogP contribution in [0.4, 0.5) is 0 Å². The number of likely N-dealkylation sites (tertiary alicyclic amines) is 1. The second-order valence-electron chi connectivity index (χ2n) is 9.91. The Hall–Kier alpha value is -4.04. The Morgan fingerprint density at radius 3 is 1.80 bits per heavy atom. The van der Waals surface area contributed by atoms with Crippen LogP contribution in [0.15, 0.2) is 92.7 Å². The smallest absolute Gasteiger partial charge is 0.354 e. The van der Waals surface area contributed by atoms with Crippen LogP contribution in [-0.4, -0.2) is 74.7 Å². The van der Waals surface area contributed by atoms with Crippen molar-refractivity contribution in [2.45, 2.75) is 14.7 Å². The number of imide groups is 1. The summed E-state index contributed by atoms with van der Waals surface area (Å²) in [4.78, 5) is 64.8. The topological polar surface area (TPSA) is 110 Å². The van der Waals surface area contributed by atoms with Gasteiger partial charge in [0, 0.05) is 11.5 Å². The number of methoxy groups -OCH3 is 1. The van der Waals surface area contributed by atoms with Gasteiger partial charge in [0.25, 0.3) is 17.7 Å². The van der Waals surface area contributed by atoms with E-state index in [1.165, 1.54) is 35.5 Å². The average Bonchev–Trinajstić information content (AvgIpc) is 3.73. The highest BCUT2D eigenvalue weighted by Crippen LogP contribution is 2.37. The Morgan fingerprint density at radius 1 is 0.818 bits per heavy atom. The highest BCUT2D eigenvalue weighted by Gasteiger charge is 2.52. The van der Waals surface area contributed by atoms with Gasteiger partial charge in [0.1, 0.15) is 11.7 Å². The molecule has 3 aromatic carbocycles. The maximum Gasteiger partial charge on any atom is 0.354 e. The minimum Gasteiger partial charge on any atom is -0.464 e. The highest BCUT2D eigenvalue weighted by molar-refractivity contribution is 8.02. The third-order valence-corrected chi connectivity index (χ3v) is 11.8. The summed E-state index contributed by atoms with van der Waals surface area (Å²) in [6.45, 7) is -0.00412. The summed E-state index contributed by atoms with van der Waals surface area (Å²) in [6.07, 6.45) is 0. The summed E-state index contributed by atoms with van der Waals surface area (Å²) < 4.78 is 8.94. The molecule has 220 valence electrons. The molecule has 0 radical (unpaired) electrons. The Kier molecular flexibility index (Phi) is 7.70. The number of hydrogen-bond donors (Lipinski definition) is 0. The third-order valence-electron chi connectivity index (χ3n) is 7.32. The summed E-state index contributed by atoms with van der Waals surface area (Å²) in [5.74, 6) is -1.46. The van der Waals surface area contributed by atoms with Gasteiger partial charge in [0.15, 0.2) is 8.68 Å². The van der Waals surface area contributed by atoms with Gasteiger partial charge in [-0.25, -0.2) is 14.8 Å². The predicted molar refractivity (Wildman–Crippen MR) is 172 cm³/mol. The molecule has 0 saturated carbocycles. The zero-order valence-corrected chi connectivity index (χ0v) is 26.4. The number of para-hydroxylation sites is 2. The van der Waals surface area contributed by atoms with Crippen molar-refractivity contribution < 1.29 is 23.9 Å². The minimum absolute atomic E-state index is 0.00412. The van der Waals surface area contributed by atoms with E-state index in [1.807, 2.05) is 48.5 Å². The molecule has 7 rings (SSSR count). The van der Waals surface area contributed by atoms with Crippen molar-refractivity contribution in [2.24, 2.45) is 0 Å². The molecule has 5 aromatic rings. The lowest BCUT2D eigenvalue weighted by molar-refractivity contribution is -0.151. The highest BCUT2D eigenvalue weighted by atomic mass is 32.2. The number of esters is 1. The molecule has 0 aliphatic carbocycles. The quantitative estimate of drug-likeness (QED) is 0.0646. The first-order valence-corrected chi connectivity index (χ1v) is 17.1. The van der Waals surface area contributed by atoms with Gasteiger partial charge < -0.3 is 9.64 Å². The zero-order chi connectivity index (χ0) is 30.4. The standard InChI is InChI=1S/C31H22N4O5S4/c1-40-29(39)25(34-14-22(28(34)38)35-26(36)18-8-2-3-9-19(18)27(35)37)17(15-41-30-32-20-10-4-6-12-23(20)43-30)16-42-31-33-21-11-5-7-13-24(21)44-31/h2-13,22H,14-16H2,1H3. The summed E-state index contributed by atoms with van der Waals surface area (Å²) >= 11 is 6.07. The van der Waals surface area contributed by atoms with E-state index in [9.17, 15) is 19.2 Å². The van der Waals surface area contributed by atoms with Crippen LogP contribution in [0, 0.1) is 0 Å². The largest absolute Gasteiger partial charge is 0.464 e. The van der Waals surface area contributed by atoms with Gasteiger partial charge in [-0.15, -0.1) is 22.7 Å². The molecule has 1 fully saturated rings. The Balaban J connectivity index is 1.19. The van der Waals surface area contributed by atoms with Gasteiger partial charge in [0.2, 0.25) is 0 Å². The van der Waals surface area contributed by atoms with Crippen LogP contribution in [-0.2, 0) is 14.3 Å². The molecule has 1 unspecified atom stereocenters. The molecule has 1 atom stereocenters. The van der Waals surface area contributed by atoms with E-state index >= 15 is 0 Å². The van der Waals surface area contributed by atoms with E-state index in [4.69, 9.17) is 14.7 Å². The molecule has 0 N–H and O–H groups in total. The number of fused-ring (bicyclic) bond motifs is 3. The molecule has 2 aliphatic heterocycles. The molecule has 2 aliphatic rings. The third kappa shape index (κ3) is 5.09. The maximum atomic E-state index is 13.6. The van der Waals surface area contributed by atoms with Crippen molar-refractivity contribution in [3.05, 3.63) is 95.2 Å². The second kappa shape index (κ2) is 11.8. The van der Waals surface area contributed by atoms with Gasteiger partial charge >= 0.3 is 5.97 Å². The van der Waals surface area contributed by atoms with Gasteiger partial charge in [-0.1, -0.05) is 59.9 Å². The fraction of sp³-hybridized carbons (Fsp3) is 0.161. The molecule has 1 saturated heterocycles. The number of carbonyl (C=O) groups is 4. The van der Waals surface area contributed by atoms with Crippen LogP contribution in [0.2, 0.25) is 0 Å². The van der Waals surface area contributed by atoms with Crippen molar-refractivity contribution >= 4 is 90.3 Å². The first-order chi connectivity index (χ1) is 21.4. The number of hydrogen-bond acceptors (Lipinski definition) is 11. The van der Waals surface area contributed by atoms with Crippen LogP contribution < -0.4 is 0 Å². The van der Waals surface area contributed by atoms with Crippen LogP contribution in [0.5, 0.6) is 0 Å². The number of nitrogens with zero attached hydrogens (tertiary/aromatic N) is 4. The molecule has 0 spiro atoms. The summed E-state index contributed by atoms with van der Waals surface area (Å²) in [5, 5.41) is 0. The van der Waals surface area contributed by atoms with Gasteiger partial charge in [-0.3, -0.25) is 19.3 Å². The Morgan fingerprint density at radius 2 is 1.32 bits per heavy atom. The van der Waals surface area contributed by atoms with Crippen LogP contribution in [0.1, 0.15) is 20.7 Å². The Labute approximate surface area is 267 Å². The van der Waals surface area contributed by atoms with E-state index < -0.39 is 29.7 Å². The summed E-state index contributed by atoms with van der Waals surface area (Å²) in [6, 6.07) is 21.2. The molecule has 44 heavy (non-hydrogen) atoms. The molecule has 13 heteroatoms. The van der Waals surface area contributed by atoms with E-state index in [0.717, 1.165) is 34.0 Å². The van der Waals surface area contributed by atoms with Crippen molar-refractivity contribution in [3.63, 3.8) is 0 Å². The van der Waals surface area contributed by atoms with E-state index in [-0.39, 0.29) is 23.4 Å². The molecular weight excluding hydrogens is 637 g/mol. The minimum atomic E-state index is -1.00. The van der Waals surface area contributed by atoms with Crippen LogP contribution >= 0.6 is 46.2 Å². The molecule has 3 amide bonds. The monoisotopic (exact) mass is 658 g/mol. The second-order valence-corrected chi connectivity index (χ2v) is 14.4. The number of rotatable bonds is 9. The van der Waals surface area contributed by atoms with E-state index in [2.05, 4.69) is 0 Å². The molecule has 4 heterocycles. The lowest BCUT2D eigenvalue weighted by atomic mass is 10.0. The van der Waals surface area contributed by atoms with E-state index in [1.54, 1.807) is 46.9 Å². The lowest BCUT2D eigenvalue weighted by Crippen LogP contribution is -2.65. The van der Waals surface area contributed by atoms with Crippen molar-refractivity contribution in [2.75, 3.05) is 25.2 Å². The number of amides is 3. The number of aromatic nitrogens is 2. The Bertz CT molecular complexity index is 1840. The van der Waals surface area contributed by atoms with Gasteiger partial charge in [-0.2, -0.15) is 0 Å². The normalized spacial score (nSPS) is 16.0. The van der Waals surface area contributed by atoms with Crippen molar-refractivity contribution in [1.29, 1.82) is 0 Å². The fourth-order valence-electron chi connectivity index (χ4n) is 5.14. The fourth-order valence-corrected chi connectivity index (χ4v) is 9.42. The van der Waals surface area contributed by atoms with E-state index in [0.29, 0.717) is 17.1 Å². The molecular formula is C31H22N4O5S4. The summed E-state index contributed by atoms with van der Waals surface area (Å²) in [5.41, 5.74) is 3.11. The number of thioether (sulfide) groups is 2. The van der Waals surface area contributed by atoms with Gasteiger partial charge in [-0.05, 0) is 42.0 Å². The zero-order valence-electron chi connectivity index (χ0n) is 23.1. The number of benzene rings is 3. The van der Waals surface area contributed by atoms with Crippen molar-refractivity contribution in [3.8, 4) is 0 Å². The lowest BCUT2D eigenvalue weighted by Gasteiger charge is -2.42. The predicted octanol–water partition coefficient (Wildman–Crippen LogP) is 5.72. The first-order valence-electron chi connectivity index (χ1n) is 13.5. The number of carbonyl (C=O) groups excluding carboxylic acids is 4. The van der Waals surface area contributed by atoms with Crippen LogP contribution in [0.25, 0.3) is 20.4 Å². The van der Waals surface area contributed by atoms with Crippen molar-refractivity contribution in [1.82, 2.24) is 19.8 Å². The average molecular weight is 659 g/mol.